The minimum atomic E-state index is -0.0488. The number of nitrogen functional groups attached to an aromatic ring is 2. The summed E-state index contributed by atoms with van der Waals surface area (Å²) in [5.41, 5.74) is 14.9. The van der Waals surface area contributed by atoms with Crippen molar-refractivity contribution in [1.82, 2.24) is 0 Å². The standard InChI is InChI=1S/C36H24N2O4/c1-3-21-7-5-9-23-11-17-31(41-25-13-15-29(39)27(37)19-25)35(33(21)23)36-32(42-26-14-16-30(40)28(38)20-26)18-12-24-10-6-8-22(4-2)34(24)36/h1-2,5-20,39-40H,37-38H2. The Bertz CT molecular complexity index is 1970. The van der Waals surface area contributed by atoms with Gasteiger partial charge in [-0.3, -0.25) is 0 Å². The van der Waals surface area contributed by atoms with Gasteiger partial charge in [-0.05, 0) is 59.3 Å². The van der Waals surface area contributed by atoms with Crippen LogP contribution in [0.4, 0.5) is 11.4 Å². The Morgan fingerprint density at radius 3 is 1.36 bits per heavy atom. The fourth-order valence-electron chi connectivity index (χ4n) is 5.07. The molecular weight excluding hydrogens is 524 g/mol. The quantitative estimate of drug-likeness (QED) is 0.0994. The second kappa shape index (κ2) is 10.4. The average molecular weight is 549 g/mol. The van der Waals surface area contributed by atoms with Crippen molar-refractivity contribution in [3.8, 4) is 70.3 Å². The van der Waals surface area contributed by atoms with Crippen LogP contribution in [-0.4, -0.2) is 10.2 Å². The van der Waals surface area contributed by atoms with Crippen molar-refractivity contribution in [1.29, 1.82) is 0 Å². The van der Waals surface area contributed by atoms with Crippen LogP contribution in [0, 0.1) is 24.7 Å². The average Bonchev–Trinajstić information content (AvgIpc) is 3.00. The molecule has 6 aromatic rings. The summed E-state index contributed by atoms with van der Waals surface area (Å²) in [4.78, 5) is 0. The van der Waals surface area contributed by atoms with Crippen LogP contribution in [0.2, 0.25) is 0 Å². The van der Waals surface area contributed by atoms with Crippen molar-refractivity contribution in [3.63, 3.8) is 0 Å². The number of aromatic hydroxyl groups is 2. The number of fused-ring (bicyclic) bond motifs is 2. The molecule has 6 N–H and O–H groups in total. The summed E-state index contributed by atoms with van der Waals surface area (Å²) < 4.78 is 12.9. The van der Waals surface area contributed by atoms with Crippen molar-refractivity contribution >= 4 is 32.9 Å². The van der Waals surface area contributed by atoms with E-state index in [-0.39, 0.29) is 22.9 Å². The van der Waals surface area contributed by atoms with E-state index >= 15 is 0 Å². The van der Waals surface area contributed by atoms with Gasteiger partial charge < -0.3 is 31.2 Å². The van der Waals surface area contributed by atoms with Crippen molar-refractivity contribution in [3.05, 3.63) is 108 Å². The van der Waals surface area contributed by atoms with Crippen molar-refractivity contribution in [2.24, 2.45) is 0 Å². The highest BCUT2D eigenvalue weighted by Gasteiger charge is 2.23. The van der Waals surface area contributed by atoms with Gasteiger partial charge in [-0.25, -0.2) is 0 Å². The molecule has 0 aliphatic carbocycles. The summed E-state index contributed by atoms with van der Waals surface area (Å²) >= 11 is 0. The minimum Gasteiger partial charge on any atom is -0.506 e. The van der Waals surface area contributed by atoms with Gasteiger partial charge in [0.25, 0.3) is 0 Å². The van der Waals surface area contributed by atoms with Gasteiger partial charge in [0.05, 0.1) is 11.4 Å². The lowest BCUT2D eigenvalue weighted by molar-refractivity contribution is 0.465. The first kappa shape index (κ1) is 26.0. The number of rotatable bonds is 5. The van der Waals surface area contributed by atoms with Crippen molar-refractivity contribution in [2.45, 2.75) is 0 Å². The van der Waals surface area contributed by atoms with Crippen LogP contribution in [-0.2, 0) is 0 Å². The van der Waals surface area contributed by atoms with Gasteiger partial charge in [0, 0.05) is 45.2 Å². The lowest BCUT2D eigenvalue weighted by Crippen LogP contribution is -1.98. The molecule has 202 valence electrons. The molecule has 0 fully saturated rings. The number of phenolic OH excluding ortho intramolecular Hbond substituents is 2. The van der Waals surface area contributed by atoms with Gasteiger partial charge in [0.15, 0.2) is 0 Å². The second-order valence-corrected chi connectivity index (χ2v) is 9.62. The Morgan fingerprint density at radius 1 is 0.548 bits per heavy atom. The Kier molecular flexibility index (Phi) is 6.43. The van der Waals surface area contributed by atoms with Gasteiger partial charge in [-0.1, -0.05) is 48.2 Å². The molecule has 6 heteroatoms. The molecule has 0 bridgehead atoms. The number of nitrogens with two attached hydrogens (primary N) is 2. The maximum atomic E-state index is 9.98. The number of benzene rings is 6. The van der Waals surface area contributed by atoms with Gasteiger partial charge in [-0.2, -0.15) is 0 Å². The monoisotopic (exact) mass is 548 g/mol. The maximum absolute atomic E-state index is 9.98. The van der Waals surface area contributed by atoms with Crippen molar-refractivity contribution in [2.75, 3.05) is 11.5 Å². The highest BCUT2D eigenvalue weighted by Crippen LogP contribution is 2.49. The molecule has 0 radical (unpaired) electrons. The van der Waals surface area contributed by atoms with E-state index in [0.717, 1.165) is 21.5 Å². The van der Waals surface area contributed by atoms with Crippen LogP contribution in [0.3, 0.4) is 0 Å². The lowest BCUT2D eigenvalue weighted by atomic mass is 9.88. The summed E-state index contributed by atoms with van der Waals surface area (Å²) in [6.45, 7) is 0. The van der Waals surface area contributed by atoms with E-state index in [1.165, 1.54) is 12.1 Å². The van der Waals surface area contributed by atoms with Crippen LogP contribution < -0.4 is 20.9 Å². The topological polar surface area (TPSA) is 111 Å². The Morgan fingerprint density at radius 2 is 0.976 bits per heavy atom. The van der Waals surface area contributed by atoms with E-state index in [0.29, 0.717) is 45.3 Å². The molecule has 0 aromatic heterocycles. The molecule has 6 nitrogen and oxygen atoms in total. The molecule has 0 aliphatic heterocycles. The highest BCUT2D eigenvalue weighted by molar-refractivity contribution is 6.13. The molecule has 0 saturated carbocycles. The number of anilines is 2. The Hall–Kier alpha value is -6.24. The fourth-order valence-corrected chi connectivity index (χ4v) is 5.07. The van der Waals surface area contributed by atoms with Gasteiger partial charge >= 0.3 is 0 Å². The third kappa shape index (κ3) is 4.50. The summed E-state index contributed by atoms with van der Waals surface area (Å²) in [5, 5.41) is 23.2. The Balaban J connectivity index is 1.73. The third-order valence-corrected chi connectivity index (χ3v) is 7.03. The zero-order valence-corrected chi connectivity index (χ0v) is 22.3. The molecule has 6 rings (SSSR count). The number of ether oxygens (including phenoxy) is 2. The normalized spacial score (nSPS) is 10.7. The molecule has 0 saturated heterocycles. The number of terminal acetylenes is 2. The molecule has 0 aliphatic rings. The van der Waals surface area contributed by atoms with E-state index in [1.807, 2.05) is 60.7 Å². The first-order valence-electron chi connectivity index (χ1n) is 13.0. The molecular formula is C36H24N2O4. The Labute approximate surface area is 242 Å². The van der Waals surface area contributed by atoms with E-state index in [4.69, 9.17) is 33.8 Å². The molecule has 0 heterocycles. The predicted molar refractivity (Wildman–Crippen MR) is 168 cm³/mol. The fraction of sp³-hybridized carbons (Fsp3) is 0. The third-order valence-electron chi connectivity index (χ3n) is 7.03. The molecule has 6 aromatic carbocycles. The zero-order chi connectivity index (χ0) is 29.4. The first-order chi connectivity index (χ1) is 20.4. The number of phenols is 2. The molecule has 42 heavy (non-hydrogen) atoms. The van der Waals surface area contributed by atoms with Crippen LogP contribution in [0.25, 0.3) is 32.7 Å². The maximum Gasteiger partial charge on any atom is 0.138 e. The summed E-state index contributed by atoms with van der Waals surface area (Å²) in [5.74, 6) is 7.28. The number of hydrogen-bond acceptors (Lipinski definition) is 6. The van der Waals surface area contributed by atoms with Crippen molar-refractivity contribution < 1.29 is 19.7 Å². The smallest absolute Gasteiger partial charge is 0.138 e. The highest BCUT2D eigenvalue weighted by atomic mass is 16.5. The van der Waals surface area contributed by atoms with E-state index in [2.05, 4.69) is 11.8 Å². The van der Waals surface area contributed by atoms with Crippen LogP contribution >= 0.6 is 0 Å². The van der Waals surface area contributed by atoms with Crippen LogP contribution in [0.5, 0.6) is 34.5 Å². The minimum absolute atomic E-state index is 0.0488. The lowest BCUT2D eigenvalue weighted by Gasteiger charge is -2.21. The van der Waals surface area contributed by atoms with Crippen LogP contribution in [0.1, 0.15) is 11.1 Å². The predicted octanol–water partition coefficient (Wildman–Crippen LogP) is 7.78. The van der Waals surface area contributed by atoms with Gasteiger partial charge in [-0.15, -0.1) is 12.8 Å². The number of hydrogen-bond donors (Lipinski definition) is 4. The summed E-state index contributed by atoms with van der Waals surface area (Å²) in [6.07, 6.45) is 12.1. The first-order valence-corrected chi connectivity index (χ1v) is 13.0. The van der Waals surface area contributed by atoms with Crippen LogP contribution in [0.15, 0.2) is 97.1 Å². The van der Waals surface area contributed by atoms with E-state index in [9.17, 15) is 10.2 Å². The largest absolute Gasteiger partial charge is 0.506 e. The molecule has 0 spiro atoms. The zero-order valence-electron chi connectivity index (χ0n) is 22.3. The van der Waals surface area contributed by atoms with E-state index in [1.54, 1.807) is 24.3 Å². The summed E-state index contributed by atoms with van der Waals surface area (Å²) in [7, 11) is 0. The molecule has 0 atom stereocenters. The summed E-state index contributed by atoms with van der Waals surface area (Å²) in [6, 6.07) is 28.3. The second-order valence-electron chi connectivity index (χ2n) is 9.62. The van der Waals surface area contributed by atoms with Gasteiger partial charge in [0.1, 0.15) is 34.5 Å². The van der Waals surface area contributed by atoms with E-state index < -0.39 is 0 Å². The SMILES string of the molecule is C#Cc1cccc2ccc(Oc3ccc(O)c(N)c3)c(-c3c(Oc4ccc(O)c(N)c4)ccc4cccc(C#C)c34)c12. The molecule has 0 amide bonds. The van der Waals surface area contributed by atoms with Gasteiger partial charge in [0.2, 0.25) is 0 Å². The molecule has 0 unspecified atom stereocenters.